The summed E-state index contributed by atoms with van der Waals surface area (Å²) in [6, 6.07) is 2.93. The van der Waals surface area contributed by atoms with Crippen LogP contribution in [0.25, 0.3) is 0 Å². The van der Waals surface area contributed by atoms with Crippen molar-refractivity contribution >= 4 is 41.1 Å². The average Bonchev–Trinajstić information content (AvgIpc) is 3.31. The number of nitrogens with zero attached hydrogens (tertiary/aromatic N) is 7. The number of fused-ring (bicyclic) bond motifs is 1. The van der Waals surface area contributed by atoms with E-state index in [1.165, 1.54) is 22.2 Å². The van der Waals surface area contributed by atoms with Crippen LogP contribution < -0.4 is 10.2 Å². The molecule has 194 valence electrons. The lowest BCUT2D eigenvalue weighted by Gasteiger charge is -2.45. The number of urea groups is 1. The summed E-state index contributed by atoms with van der Waals surface area (Å²) >= 11 is 5.74. The van der Waals surface area contributed by atoms with E-state index in [2.05, 4.69) is 20.3 Å². The minimum absolute atomic E-state index is 0.00694. The molecule has 5 rings (SSSR count). The zero-order chi connectivity index (χ0) is 26.1. The van der Waals surface area contributed by atoms with E-state index in [1.54, 1.807) is 24.2 Å². The quantitative estimate of drug-likeness (QED) is 0.563. The summed E-state index contributed by atoms with van der Waals surface area (Å²) in [6.07, 6.45) is 8.68. The summed E-state index contributed by atoms with van der Waals surface area (Å²) < 4.78 is 0. The molecule has 0 radical (unpaired) electrons. The minimum atomic E-state index is -0.531. The van der Waals surface area contributed by atoms with Gasteiger partial charge in [0.25, 0.3) is 11.8 Å². The Bertz CT molecular complexity index is 1220. The van der Waals surface area contributed by atoms with Crippen LogP contribution >= 0.6 is 11.6 Å². The SMILES string of the molecule is CCCN1C(=O)N(C2CCC2)C(=O)C2NC(CCc3ccc(N(C)C(=O)c4cnc(Cl)cn4)nc3)=NC21. The van der Waals surface area contributed by atoms with Crippen LogP contribution in [0.3, 0.4) is 0 Å². The Labute approximate surface area is 219 Å². The number of imide groups is 1. The number of amidine groups is 1. The van der Waals surface area contributed by atoms with E-state index in [1.807, 2.05) is 13.0 Å². The zero-order valence-electron chi connectivity index (χ0n) is 20.8. The van der Waals surface area contributed by atoms with Crippen molar-refractivity contribution < 1.29 is 14.4 Å². The van der Waals surface area contributed by atoms with E-state index in [-0.39, 0.29) is 34.7 Å². The maximum Gasteiger partial charge on any atom is 0.328 e. The third-order valence-corrected chi connectivity index (χ3v) is 7.23. The molecule has 0 bridgehead atoms. The summed E-state index contributed by atoms with van der Waals surface area (Å²) in [5.41, 5.74) is 1.13. The molecule has 2 unspecified atom stereocenters. The molecule has 1 saturated carbocycles. The molecule has 12 heteroatoms. The molecule has 3 aliphatic rings. The van der Waals surface area contributed by atoms with E-state index in [0.29, 0.717) is 31.0 Å². The monoisotopic (exact) mass is 524 g/mol. The number of anilines is 1. The second-order valence-electron chi connectivity index (χ2n) is 9.49. The Morgan fingerprint density at radius 2 is 1.95 bits per heavy atom. The van der Waals surface area contributed by atoms with Crippen LogP contribution in [0.4, 0.5) is 10.6 Å². The molecule has 2 aliphatic heterocycles. The van der Waals surface area contributed by atoms with Gasteiger partial charge >= 0.3 is 6.03 Å². The number of hydrogen-bond donors (Lipinski definition) is 1. The van der Waals surface area contributed by atoms with Crippen LogP contribution in [-0.4, -0.2) is 80.3 Å². The standard InChI is InChI=1S/C25H29ClN8O3/c1-3-11-33-22-21(24(36)34(25(33)37)16-5-4-6-16)30-19(31-22)9-7-15-8-10-20(29-12-15)32(2)23(35)17-13-28-18(26)14-27-17/h8,10,12-14,16,21-22H,3-7,9,11H2,1-2H3,(H,30,31). The van der Waals surface area contributed by atoms with E-state index in [4.69, 9.17) is 16.6 Å². The Kier molecular flexibility index (Phi) is 7.05. The highest BCUT2D eigenvalue weighted by molar-refractivity contribution is 6.29. The highest BCUT2D eigenvalue weighted by Gasteiger charge is 2.51. The average molecular weight is 525 g/mol. The molecule has 1 N–H and O–H groups in total. The molecule has 4 amide bonds. The van der Waals surface area contributed by atoms with Gasteiger partial charge in [-0.05, 0) is 43.7 Å². The smallest absolute Gasteiger partial charge is 0.328 e. The molecule has 0 aromatic carbocycles. The molecule has 4 heterocycles. The molecule has 2 aromatic heterocycles. The van der Waals surface area contributed by atoms with Crippen LogP contribution in [0.1, 0.15) is 55.1 Å². The van der Waals surface area contributed by atoms with Gasteiger partial charge in [-0.2, -0.15) is 0 Å². The first-order valence-electron chi connectivity index (χ1n) is 12.5. The largest absolute Gasteiger partial charge is 0.359 e. The van der Waals surface area contributed by atoms with Gasteiger partial charge in [-0.3, -0.25) is 24.3 Å². The van der Waals surface area contributed by atoms with Gasteiger partial charge < -0.3 is 5.32 Å². The number of carbonyl (C=O) groups excluding carboxylic acids is 3. The number of nitrogens with one attached hydrogen (secondary N) is 1. The van der Waals surface area contributed by atoms with Crippen molar-refractivity contribution in [1.82, 2.24) is 30.1 Å². The summed E-state index contributed by atoms with van der Waals surface area (Å²) in [7, 11) is 1.62. The number of aromatic nitrogens is 3. The molecule has 2 aromatic rings. The zero-order valence-corrected chi connectivity index (χ0v) is 21.6. The van der Waals surface area contributed by atoms with Crippen molar-refractivity contribution in [2.75, 3.05) is 18.5 Å². The Balaban J connectivity index is 1.22. The number of amides is 4. The van der Waals surface area contributed by atoms with Crippen LogP contribution in [0.2, 0.25) is 5.15 Å². The van der Waals surface area contributed by atoms with Gasteiger partial charge in [0.05, 0.1) is 12.4 Å². The van der Waals surface area contributed by atoms with Gasteiger partial charge in [0, 0.05) is 32.3 Å². The van der Waals surface area contributed by atoms with Gasteiger partial charge in [0.15, 0.2) is 6.17 Å². The molecule has 11 nitrogen and oxygen atoms in total. The summed E-state index contributed by atoms with van der Waals surface area (Å²) in [4.78, 5) is 60.6. The minimum Gasteiger partial charge on any atom is -0.359 e. The fraction of sp³-hybridized carbons (Fsp3) is 0.480. The molecular weight excluding hydrogens is 496 g/mol. The van der Waals surface area contributed by atoms with Crippen molar-refractivity contribution in [3.8, 4) is 0 Å². The van der Waals surface area contributed by atoms with Crippen LogP contribution in [0, 0.1) is 0 Å². The first-order valence-corrected chi connectivity index (χ1v) is 12.9. The third-order valence-electron chi connectivity index (χ3n) is 7.03. The molecule has 1 aliphatic carbocycles. The number of halogens is 1. The first-order chi connectivity index (χ1) is 17.9. The van der Waals surface area contributed by atoms with Crippen LogP contribution in [0.15, 0.2) is 35.7 Å². The van der Waals surface area contributed by atoms with E-state index >= 15 is 0 Å². The lowest BCUT2D eigenvalue weighted by molar-refractivity contribution is -0.138. The van der Waals surface area contributed by atoms with Gasteiger partial charge in [-0.25, -0.2) is 24.7 Å². The highest BCUT2D eigenvalue weighted by Crippen LogP contribution is 2.32. The fourth-order valence-corrected chi connectivity index (χ4v) is 4.87. The van der Waals surface area contributed by atoms with Crippen LogP contribution in [-0.2, 0) is 11.2 Å². The van der Waals surface area contributed by atoms with Gasteiger partial charge in [0.1, 0.15) is 28.5 Å². The summed E-state index contributed by atoms with van der Waals surface area (Å²) in [5.74, 6) is 0.673. The van der Waals surface area contributed by atoms with Crippen molar-refractivity contribution in [2.45, 2.75) is 63.7 Å². The number of pyridine rings is 1. The predicted molar refractivity (Wildman–Crippen MR) is 137 cm³/mol. The van der Waals surface area contributed by atoms with E-state index in [9.17, 15) is 14.4 Å². The van der Waals surface area contributed by atoms with E-state index in [0.717, 1.165) is 31.2 Å². The summed E-state index contributed by atoms with van der Waals surface area (Å²) in [5, 5.41) is 3.51. The fourth-order valence-electron chi connectivity index (χ4n) is 4.77. The topological polar surface area (TPSA) is 124 Å². The predicted octanol–water partition coefficient (Wildman–Crippen LogP) is 2.66. The lowest BCUT2D eigenvalue weighted by atomic mass is 9.90. The number of aliphatic imine (C=N–C) groups is 1. The number of hydrogen-bond acceptors (Lipinski definition) is 8. The van der Waals surface area contributed by atoms with Crippen molar-refractivity contribution in [3.05, 3.63) is 47.1 Å². The Morgan fingerprint density at radius 3 is 2.57 bits per heavy atom. The van der Waals surface area contributed by atoms with Gasteiger partial charge in [0.2, 0.25) is 0 Å². The summed E-state index contributed by atoms with van der Waals surface area (Å²) in [6.45, 7) is 2.58. The third kappa shape index (κ3) is 4.87. The normalized spacial score (nSPS) is 21.3. The molecular formula is C25H29ClN8O3. The Morgan fingerprint density at radius 1 is 1.14 bits per heavy atom. The van der Waals surface area contributed by atoms with Gasteiger partial charge in [-0.15, -0.1) is 0 Å². The number of rotatable bonds is 8. The molecule has 37 heavy (non-hydrogen) atoms. The lowest BCUT2D eigenvalue weighted by Crippen LogP contribution is -2.68. The van der Waals surface area contributed by atoms with Gasteiger partial charge in [-0.1, -0.05) is 24.6 Å². The molecule has 2 atom stereocenters. The second-order valence-corrected chi connectivity index (χ2v) is 9.88. The highest BCUT2D eigenvalue weighted by atomic mass is 35.5. The molecule has 2 fully saturated rings. The maximum absolute atomic E-state index is 13.2. The number of aryl methyl sites for hydroxylation is 1. The van der Waals surface area contributed by atoms with E-state index < -0.39 is 12.2 Å². The van der Waals surface area contributed by atoms with Crippen molar-refractivity contribution in [3.63, 3.8) is 0 Å². The number of carbonyl (C=O) groups is 3. The first kappa shape index (κ1) is 25.1. The second kappa shape index (κ2) is 10.4. The Hall–Kier alpha value is -3.60. The van der Waals surface area contributed by atoms with Crippen molar-refractivity contribution in [2.24, 2.45) is 4.99 Å². The maximum atomic E-state index is 13.2. The molecule has 1 saturated heterocycles. The van der Waals surface area contributed by atoms with Crippen molar-refractivity contribution in [1.29, 1.82) is 0 Å². The molecule has 0 spiro atoms. The van der Waals surface area contributed by atoms with Crippen LogP contribution in [0.5, 0.6) is 0 Å².